The van der Waals surface area contributed by atoms with Gasteiger partial charge in [0.05, 0.1) is 0 Å². The van der Waals surface area contributed by atoms with Crippen LogP contribution >= 0.6 is 14.6 Å². The highest BCUT2D eigenvalue weighted by molar-refractivity contribution is 7.84. The first-order chi connectivity index (χ1) is 15.6. The number of nitrogens with zero attached hydrogens (tertiary/aromatic N) is 3. The lowest BCUT2D eigenvalue weighted by Crippen LogP contribution is -2.37. The van der Waals surface area contributed by atoms with Gasteiger partial charge in [0.1, 0.15) is 7.36 Å². The Balaban J connectivity index is 2.50. The van der Waals surface area contributed by atoms with E-state index in [1.54, 1.807) is 0 Å². The minimum atomic E-state index is -3.28. The molecule has 32 heavy (non-hydrogen) atoms. The summed E-state index contributed by atoms with van der Waals surface area (Å²) < 4.78 is 25.5. The Morgan fingerprint density at radius 3 is 1.19 bits per heavy atom. The molecule has 0 saturated carbocycles. The van der Waals surface area contributed by atoms with Gasteiger partial charge in [-0.1, -0.05) is 94.4 Å². The second kappa shape index (κ2) is 11.3. The molecule has 0 N–H and O–H groups in total. The van der Waals surface area contributed by atoms with Gasteiger partial charge in [-0.15, -0.1) is 0 Å². The predicted molar refractivity (Wildman–Crippen MR) is 141 cm³/mol. The van der Waals surface area contributed by atoms with Crippen LogP contribution < -0.4 is 15.9 Å². The fourth-order valence-corrected chi connectivity index (χ4v) is 12.4. The molecule has 0 aromatic heterocycles. The number of rotatable bonds is 10. The molecule has 0 fully saturated rings. The highest BCUT2D eigenvalue weighted by atomic mass is 31.2. The summed E-state index contributed by atoms with van der Waals surface area (Å²) in [5.74, 6) is 0. The molecular formula is C26H35N3OP2. The maximum atomic E-state index is 15.1. The molecule has 0 aliphatic heterocycles. The maximum Gasteiger partial charge on any atom is 0.248 e. The quantitative estimate of drug-likeness (QED) is 0.346. The maximum absolute atomic E-state index is 15.1. The van der Waals surface area contributed by atoms with Crippen LogP contribution in [0.3, 0.4) is 0 Å². The van der Waals surface area contributed by atoms with Crippen molar-refractivity contribution in [3.63, 3.8) is 0 Å². The lowest BCUT2D eigenvalue weighted by atomic mass is 10.4. The molecule has 0 saturated heterocycles. The fraction of sp³-hybridized carbons (Fsp3) is 0.308. The lowest BCUT2D eigenvalue weighted by molar-refractivity contribution is 0.421. The summed E-state index contributed by atoms with van der Waals surface area (Å²) in [6.45, 7) is 12.1. The van der Waals surface area contributed by atoms with Crippen LogP contribution in [0.2, 0.25) is 0 Å². The molecule has 0 atom stereocenters. The molecule has 0 unspecified atom stereocenters. The Morgan fingerprint density at radius 1 is 0.562 bits per heavy atom. The Morgan fingerprint density at radius 2 is 0.875 bits per heavy atom. The van der Waals surface area contributed by atoms with Crippen molar-refractivity contribution in [1.82, 2.24) is 9.34 Å². The SMILES string of the molecule is CCN(CC)P(=NP(=O)(c1ccccc1)c1ccccc1)(c1ccccc1)N(CC)CC. The van der Waals surface area contributed by atoms with Gasteiger partial charge in [-0.25, -0.2) is 4.52 Å². The summed E-state index contributed by atoms with van der Waals surface area (Å²) in [7, 11) is -5.77. The van der Waals surface area contributed by atoms with Gasteiger partial charge in [0, 0.05) is 42.1 Å². The van der Waals surface area contributed by atoms with E-state index < -0.39 is 14.6 Å². The van der Waals surface area contributed by atoms with E-state index in [0.29, 0.717) is 0 Å². The number of hydrogen-bond donors (Lipinski definition) is 0. The second-order valence-corrected chi connectivity index (χ2v) is 13.2. The van der Waals surface area contributed by atoms with E-state index in [1.165, 1.54) is 0 Å². The summed E-state index contributed by atoms with van der Waals surface area (Å²) in [6, 6.07) is 30.1. The van der Waals surface area contributed by atoms with Gasteiger partial charge in [0.25, 0.3) is 0 Å². The molecule has 0 bridgehead atoms. The molecule has 3 aromatic rings. The van der Waals surface area contributed by atoms with E-state index in [2.05, 4.69) is 61.3 Å². The third-order valence-corrected chi connectivity index (χ3v) is 13.5. The van der Waals surface area contributed by atoms with Crippen LogP contribution in [0.5, 0.6) is 0 Å². The second-order valence-electron chi connectivity index (χ2n) is 7.52. The molecule has 4 nitrogen and oxygen atoms in total. The van der Waals surface area contributed by atoms with E-state index >= 15 is 4.57 Å². The van der Waals surface area contributed by atoms with Gasteiger partial charge in [-0.3, -0.25) is 13.9 Å². The van der Waals surface area contributed by atoms with Crippen molar-refractivity contribution in [2.75, 3.05) is 26.2 Å². The first-order valence-electron chi connectivity index (χ1n) is 11.5. The molecule has 0 aliphatic carbocycles. The number of benzene rings is 3. The van der Waals surface area contributed by atoms with Gasteiger partial charge < -0.3 is 0 Å². The summed E-state index contributed by atoms with van der Waals surface area (Å²) in [4.78, 5) is 0. The summed E-state index contributed by atoms with van der Waals surface area (Å²) >= 11 is 0. The van der Waals surface area contributed by atoms with E-state index in [4.69, 9.17) is 4.52 Å². The molecule has 3 rings (SSSR count). The van der Waals surface area contributed by atoms with Crippen molar-refractivity contribution in [3.05, 3.63) is 91.0 Å². The van der Waals surface area contributed by atoms with Crippen molar-refractivity contribution in [2.24, 2.45) is 4.52 Å². The minimum Gasteiger partial charge on any atom is -0.288 e. The topological polar surface area (TPSA) is 35.9 Å². The molecule has 0 aliphatic rings. The Kier molecular flexibility index (Phi) is 8.68. The zero-order valence-electron chi connectivity index (χ0n) is 19.6. The van der Waals surface area contributed by atoms with Crippen LogP contribution in [0.1, 0.15) is 27.7 Å². The van der Waals surface area contributed by atoms with Gasteiger partial charge in [-0.2, -0.15) is 0 Å². The van der Waals surface area contributed by atoms with E-state index in [0.717, 1.165) is 42.1 Å². The van der Waals surface area contributed by atoms with Gasteiger partial charge in [0.2, 0.25) is 7.29 Å². The standard InChI is InChI=1S/C26H35N3OP2/c1-5-28(6-2)32(29(7-3)8-4,26-22-16-11-17-23-26)27-31(30,24-18-12-9-13-19-24)25-20-14-10-15-21-25/h9-23H,5-8H2,1-4H3. The summed E-state index contributed by atoms with van der Waals surface area (Å²) in [6.07, 6.45) is 0. The van der Waals surface area contributed by atoms with Crippen molar-refractivity contribution < 1.29 is 4.57 Å². The molecular weight excluding hydrogens is 432 g/mol. The summed E-state index contributed by atoms with van der Waals surface area (Å²) in [5, 5.41) is 2.72. The molecule has 0 amide bonds. The zero-order valence-corrected chi connectivity index (χ0v) is 21.4. The van der Waals surface area contributed by atoms with Crippen LogP contribution in [0, 0.1) is 0 Å². The molecule has 170 valence electrons. The molecule has 0 radical (unpaired) electrons. The predicted octanol–water partition coefficient (Wildman–Crippen LogP) is 5.96. The monoisotopic (exact) mass is 467 g/mol. The van der Waals surface area contributed by atoms with Crippen molar-refractivity contribution in [1.29, 1.82) is 0 Å². The van der Waals surface area contributed by atoms with E-state index in [9.17, 15) is 0 Å². The van der Waals surface area contributed by atoms with Gasteiger partial charge >= 0.3 is 0 Å². The smallest absolute Gasteiger partial charge is 0.248 e. The minimum absolute atomic E-state index is 0.783. The third-order valence-electron chi connectivity index (χ3n) is 5.81. The zero-order chi connectivity index (χ0) is 23.0. The molecule has 0 spiro atoms. The fourth-order valence-electron chi connectivity index (χ4n) is 4.22. The first kappa shape index (κ1) is 24.7. The Hall–Kier alpha value is -1.96. The average molecular weight is 468 g/mol. The lowest BCUT2D eigenvalue weighted by Gasteiger charge is -2.43. The van der Waals surface area contributed by atoms with E-state index in [1.807, 2.05) is 66.7 Å². The van der Waals surface area contributed by atoms with Crippen LogP contribution in [0.4, 0.5) is 0 Å². The van der Waals surface area contributed by atoms with Crippen molar-refractivity contribution >= 4 is 30.6 Å². The summed E-state index contributed by atoms with van der Waals surface area (Å²) in [5.41, 5.74) is 0. The molecule has 3 aromatic carbocycles. The average Bonchev–Trinajstić information content (AvgIpc) is 2.86. The Labute approximate surface area is 193 Å². The van der Waals surface area contributed by atoms with Gasteiger partial charge in [-0.05, 0) is 24.3 Å². The van der Waals surface area contributed by atoms with Crippen LogP contribution in [0.25, 0.3) is 0 Å². The van der Waals surface area contributed by atoms with Crippen molar-refractivity contribution in [3.8, 4) is 0 Å². The third kappa shape index (κ3) is 4.70. The van der Waals surface area contributed by atoms with Crippen LogP contribution in [0.15, 0.2) is 95.5 Å². The largest absolute Gasteiger partial charge is 0.288 e. The highest BCUT2D eigenvalue weighted by Gasteiger charge is 2.39. The molecule has 0 heterocycles. The number of hydrogen-bond acceptors (Lipinski definition) is 1. The van der Waals surface area contributed by atoms with Crippen LogP contribution in [-0.2, 0) is 4.57 Å². The first-order valence-corrected chi connectivity index (χ1v) is 14.8. The van der Waals surface area contributed by atoms with E-state index in [-0.39, 0.29) is 0 Å². The molecule has 6 heteroatoms. The van der Waals surface area contributed by atoms with Gasteiger partial charge in [0.15, 0.2) is 0 Å². The van der Waals surface area contributed by atoms with Crippen molar-refractivity contribution in [2.45, 2.75) is 27.7 Å². The van der Waals surface area contributed by atoms with Crippen LogP contribution in [-0.4, -0.2) is 35.5 Å². The normalized spacial score (nSPS) is 12.3. The Bertz CT molecular complexity index is 1000. The highest BCUT2D eigenvalue weighted by Crippen LogP contribution is 2.64.